The first-order valence-electron chi connectivity index (χ1n) is 4.60. The smallest absolute Gasteiger partial charge is 0.166 e. The van der Waals surface area contributed by atoms with Gasteiger partial charge in [-0.1, -0.05) is 18.7 Å². The van der Waals surface area contributed by atoms with Crippen LogP contribution in [0.25, 0.3) is 6.08 Å². The van der Waals surface area contributed by atoms with Crippen LogP contribution < -0.4 is 10.5 Å². The predicted molar refractivity (Wildman–Crippen MR) is 55.2 cm³/mol. The number of aromatic hydroxyl groups is 1. The van der Waals surface area contributed by atoms with Gasteiger partial charge in [0, 0.05) is 18.0 Å². The number of nitrogens with two attached hydrogens (primary N) is 1. The zero-order valence-corrected chi connectivity index (χ0v) is 7.86. The van der Waals surface area contributed by atoms with E-state index in [-0.39, 0.29) is 11.8 Å². The lowest BCUT2D eigenvalue weighted by atomic mass is 9.95. The number of benzene rings is 1. The Kier molecular flexibility index (Phi) is 2.17. The topological polar surface area (TPSA) is 55.5 Å². The fraction of sp³-hybridized carbons (Fsp3) is 0.273. The van der Waals surface area contributed by atoms with E-state index in [0.717, 1.165) is 17.5 Å². The number of phenolic OH excluding ortho intramolecular Hbond substituents is 1. The van der Waals surface area contributed by atoms with Gasteiger partial charge in [0.1, 0.15) is 0 Å². The first-order valence-corrected chi connectivity index (χ1v) is 4.60. The molecule has 1 aliphatic heterocycles. The third-order valence-corrected chi connectivity index (χ3v) is 2.47. The van der Waals surface area contributed by atoms with Crippen LogP contribution in [0.5, 0.6) is 11.5 Å². The van der Waals surface area contributed by atoms with Gasteiger partial charge in [-0.15, -0.1) is 0 Å². The van der Waals surface area contributed by atoms with E-state index in [1.807, 2.05) is 0 Å². The minimum atomic E-state index is -0.0705. The zero-order chi connectivity index (χ0) is 10.1. The van der Waals surface area contributed by atoms with E-state index >= 15 is 0 Å². The molecule has 0 saturated carbocycles. The fourth-order valence-corrected chi connectivity index (χ4v) is 1.75. The maximum Gasteiger partial charge on any atom is 0.166 e. The Balaban J connectivity index is 2.63. The van der Waals surface area contributed by atoms with Crippen molar-refractivity contribution in [2.24, 2.45) is 5.73 Å². The van der Waals surface area contributed by atoms with Crippen molar-refractivity contribution in [1.29, 1.82) is 0 Å². The van der Waals surface area contributed by atoms with Crippen LogP contribution in [0, 0.1) is 0 Å². The minimum absolute atomic E-state index is 0.0705. The average Bonchev–Trinajstić information content (AvgIpc) is 2.20. The molecule has 74 valence electrons. The lowest BCUT2D eigenvalue weighted by Crippen LogP contribution is -2.21. The molecular weight excluding hydrogens is 178 g/mol. The first kappa shape index (κ1) is 9.09. The van der Waals surface area contributed by atoms with Gasteiger partial charge in [-0.05, 0) is 11.6 Å². The third kappa shape index (κ3) is 1.26. The molecule has 0 amide bonds. The highest BCUT2D eigenvalue weighted by atomic mass is 16.5. The highest BCUT2D eigenvalue weighted by Gasteiger charge is 2.23. The molecule has 1 aromatic carbocycles. The van der Waals surface area contributed by atoms with Crippen molar-refractivity contribution >= 4 is 6.08 Å². The maximum absolute atomic E-state index is 9.58. The van der Waals surface area contributed by atoms with Crippen molar-refractivity contribution in [3.8, 4) is 11.5 Å². The molecule has 3 nitrogen and oxygen atoms in total. The summed E-state index contributed by atoms with van der Waals surface area (Å²) in [6.45, 7) is 4.27. The number of rotatable bonds is 1. The zero-order valence-electron chi connectivity index (χ0n) is 7.86. The molecule has 0 fully saturated rings. The average molecular weight is 191 g/mol. The Morgan fingerprint density at radius 2 is 2.36 bits per heavy atom. The summed E-state index contributed by atoms with van der Waals surface area (Å²) >= 11 is 0. The van der Waals surface area contributed by atoms with Crippen LogP contribution in [-0.2, 0) is 0 Å². The minimum Gasteiger partial charge on any atom is -0.504 e. The largest absolute Gasteiger partial charge is 0.504 e. The number of fused-ring (bicyclic) bond motifs is 1. The summed E-state index contributed by atoms with van der Waals surface area (Å²) in [7, 11) is 0. The molecule has 1 atom stereocenters. The third-order valence-electron chi connectivity index (χ3n) is 2.47. The molecule has 0 aromatic heterocycles. The Labute approximate surface area is 82.8 Å². The van der Waals surface area contributed by atoms with Crippen LogP contribution in [0.1, 0.15) is 23.6 Å². The molecule has 0 saturated heterocycles. The molecule has 3 N–H and O–H groups in total. The Morgan fingerprint density at radius 1 is 1.57 bits per heavy atom. The van der Waals surface area contributed by atoms with Gasteiger partial charge in [-0.3, -0.25) is 0 Å². The van der Waals surface area contributed by atoms with Gasteiger partial charge < -0.3 is 15.6 Å². The molecule has 0 radical (unpaired) electrons. The van der Waals surface area contributed by atoms with Crippen molar-refractivity contribution in [2.75, 3.05) is 6.61 Å². The highest BCUT2D eigenvalue weighted by molar-refractivity contribution is 5.62. The molecule has 1 heterocycles. The van der Waals surface area contributed by atoms with Crippen LogP contribution in [-0.4, -0.2) is 11.7 Å². The van der Waals surface area contributed by atoms with Crippen molar-refractivity contribution in [2.45, 2.75) is 12.5 Å². The van der Waals surface area contributed by atoms with Crippen LogP contribution in [0.15, 0.2) is 18.7 Å². The lowest BCUT2D eigenvalue weighted by Gasteiger charge is -2.25. The van der Waals surface area contributed by atoms with E-state index in [1.165, 1.54) is 0 Å². The van der Waals surface area contributed by atoms with Gasteiger partial charge in [0.05, 0.1) is 6.61 Å². The van der Waals surface area contributed by atoms with Crippen molar-refractivity contribution in [3.05, 3.63) is 29.8 Å². The van der Waals surface area contributed by atoms with Gasteiger partial charge in [0.25, 0.3) is 0 Å². The predicted octanol–water partition coefficient (Wildman–Crippen LogP) is 1.82. The van der Waals surface area contributed by atoms with E-state index in [1.54, 1.807) is 18.2 Å². The fourth-order valence-electron chi connectivity index (χ4n) is 1.75. The number of hydrogen-bond acceptors (Lipinski definition) is 3. The van der Waals surface area contributed by atoms with Crippen molar-refractivity contribution in [1.82, 2.24) is 0 Å². The van der Waals surface area contributed by atoms with E-state index in [2.05, 4.69) is 6.58 Å². The summed E-state index contributed by atoms with van der Waals surface area (Å²) in [6, 6.07) is 3.34. The van der Waals surface area contributed by atoms with Gasteiger partial charge >= 0.3 is 0 Å². The highest BCUT2D eigenvalue weighted by Crippen LogP contribution is 2.40. The molecule has 0 bridgehead atoms. The molecule has 0 aliphatic carbocycles. The van der Waals surface area contributed by atoms with Gasteiger partial charge in [0.2, 0.25) is 0 Å². The molecule has 0 unspecified atom stereocenters. The second-order valence-electron chi connectivity index (χ2n) is 3.36. The number of ether oxygens (including phenoxy) is 1. The van der Waals surface area contributed by atoms with Crippen LogP contribution >= 0.6 is 0 Å². The molecule has 0 spiro atoms. The summed E-state index contributed by atoms with van der Waals surface area (Å²) in [5, 5.41) is 9.58. The SMILES string of the molecule is C=Cc1ccc(O)c2c1[C@@H](N)CCO2. The van der Waals surface area contributed by atoms with Crippen LogP contribution in [0.2, 0.25) is 0 Å². The summed E-state index contributed by atoms with van der Waals surface area (Å²) < 4.78 is 5.39. The molecule has 14 heavy (non-hydrogen) atoms. The molecular formula is C11H13NO2. The summed E-state index contributed by atoms with van der Waals surface area (Å²) in [4.78, 5) is 0. The summed E-state index contributed by atoms with van der Waals surface area (Å²) in [5.41, 5.74) is 7.75. The summed E-state index contributed by atoms with van der Waals surface area (Å²) in [6.07, 6.45) is 2.50. The Hall–Kier alpha value is -1.48. The Morgan fingerprint density at radius 3 is 3.07 bits per heavy atom. The normalized spacial score (nSPS) is 19.6. The Bertz CT molecular complexity index is 374. The quantitative estimate of drug-likeness (QED) is 0.711. The molecule has 1 aliphatic rings. The first-order chi connectivity index (χ1) is 6.74. The van der Waals surface area contributed by atoms with Crippen molar-refractivity contribution in [3.63, 3.8) is 0 Å². The lowest BCUT2D eigenvalue weighted by molar-refractivity contribution is 0.255. The van der Waals surface area contributed by atoms with Gasteiger partial charge in [-0.2, -0.15) is 0 Å². The molecule has 1 aromatic rings. The second kappa shape index (κ2) is 3.35. The van der Waals surface area contributed by atoms with E-state index in [0.29, 0.717) is 12.4 Å². The standard InChI is InChI=1S/C11H13NO2/c1-2-7-3-4-9(13)11-10(7)8(12)5-6-14-11/h2-4,8,13H,1,5-6,12H2/t8-/m0/s1. The summed E-state index contributed by atoms with van der Waals surface area (Å²) in [5.74, 6) is 0.668. The monoisotopic (exact) mass is 191 g/mol. The van der Waals surface area contributed by atoms with Crippen LogP contribution in [0.4, 0.5) is 0 Å². The molecule has 3 heteroatoms. The van der Waals surface area contributed by atoms with E-state index in [9.17, 15) is 5.11 Å². The van der Waals surface area contributed by atoms with Gasteiger partial charge in [-0.25, -0.2) is 0 Å². The van der Waals surface area contributed by atoms with Gasteiger partial charge in [0.15, 0.2) is 11.5 Å². The van der Waals surface area contributed by atoms with E-state index in [4.69, 9.17) is 10.5 Å². The van der Waals surface area contributed by atoms with Crippen molar-refractivity contribution < 1.29 is 9.84 Å². The second-order valence-corrected chi connectivity index (χ2v) is 3.36. The molecule has 2 rings (SSSR count). The maximum atomic E-state index is 9.58. The van der Waals surface area contributed by atoms with E-state index < -0.39 is 0 Å². The van der Waals surface area contributed by atoms with Crippen LogP contribution in [0.3, 0.4) is 0 Å². The number of hydrogen-bond donors (Lipinski definition) is 2. The number of phenols is 1.